The Bertz CT molecular complexity index is 761. The van der Waals surface area contributed by atoms with Crippen LogP contribution in [-0.2, 0) is 12.8 Å². The van der Waals surface area contributed by atoms with E-state index in [2.05, 4.69) is 57.8 Å². The molecule has 0 radical (unpaired) electrons. The predicted octanol–water partition coefficient (Wildman–Crippen LogP) is 2.87. The van der Waals surface area contributed by atoms with Crippen molar-refractivity contribution in [3.63, 3.8) is 0 Å². The van der Waals surface area contributed by atoms with Crippen molar-refractivity contribution >= 4 is 23.0 Å². The van der Waals surface area contributed by atoms with Gasteiger partial charge in [0.1, 0.15) is 11.7 Å². The van der Waals surface area contributed by atoms with Crippen LogP contribution in [0.15, 0.2) is 58.6 Å². The zero-order valence-electron chi connectivity index (χ0n) is 11.9. The summed E-state index contributed by atoms with van der Waals surface area (Å²) in [5.74, 6) is 1.93. The molecule has 0 amide bonds. The molecule has 21 heavy (non-hydrogen) atoms. The van der Waals surface area contributed by atoms with Gasteiger partial charge in [-0.2, -0.15) is 5.10 Å². The number of hydrogen-bond donors (Lipinski definition) is 1. The lowest BCUT2D eigenvalue weighted by atomic mass is 10.1. The van der Waals surface area contributed by atoms with Crippen molar-refractivity contribution in [2.75, 3.05) is 11.9 Å². The van der Waals surface area contributed by atoms with Crippen LogP contribution in [-0.4, -0.2) is 18.7 Å². The molecule has 2 heterocycles. The van der Waals surface area contributed by atoms with Gasteiger partial charge in [0.15, 0.2) is 0 Å². The van der Waals surface area contributed by atoms with Gasteiger partial charge in [0.05, 0.1) is 5.69 Å². The van der Waals surface area contributed by atoms with Gasteiger partial charge in [-0.3, -0.25) is 5.43 Å². The Balaban J connectivity index is 1.52. The first kappa shape index (κ1) is 12.1. The molecular weight excluding hydrogens is 260 g/mol. The number of nitrogens with one attached hydrogen (secondary N) is 1. The third-order valence-corrected chi connectivity index (χ3v) is 4.01. The van der Waals surface area contributed by atoms with E-state index in [1.165, 1.54) is 16.8 Å². The van der Waals surface area contributed by atoms with Crippen molar-refractivity contribution in [3.05, 3.63) is 59.7 Å². The number of nitrogens with zero attached hydrogens (tertiary/aromatic N) is 3. The molecule has 0 fully saturated rings. The van der Waals surface area contributed by atoms with E-state index in [-0.39, 0.29) is 0 Å². The second kappa shape index (κ2) is 4.74. The number of fused-ring (bicyclic) bond motifs is 2. The van der Waals surface area contributed by atoms with E-state index < -0.39 is 0 Å². The maximum atomic E-state index is 4.57. The van der Waals surface area contributed by atoms with Crippen molar-refractivity contribution in [1.29, 1.82) is 0 Å². The molecule has 4 nitrogen and oxygen atoms in total. The number of rotatable bonds is 1. The monoisotopic (exact) mass is 276 g/mol. The number of aliphatic imine (C=N–C) groups is 1. The summed E-state index contributed by atoms with van der Waals surface area (Å²) < 4.78 is 0. The molecule has 104 valence electrons. The SMILES string of the molecule is CN1/C(=N\NC2=Nc3ccccc3C2)Cc2ccccc21. The summed E-state index contributed by atoms with van der Waals surface area (Å²) in [5.41, 5.74) is 7.98. The fourth-order valence-corrected chi connectivity index (χ4v) is 2.86. The van der Waals surface area contributed by atoms with E-state index in [4.69, 9.17) is 0 Å². The van der Waals surface area contributed by atoms with Gasteiger partial charge in [-0.05, 0) is 23.3 Å². The highest BCUT2D eigenvalue weighted by atomic mass is 15.4. The van der Waals surface area contributed by atoms with Gasteiger partial charge in [0.2, 0.25) is 0 Å². The van der Waals surface area contributed by atoms with Crippen LogP contribution in [0.5, 0.6) is 0 Å². The third kappa shape index (κ3) is 2.09. The van der Waals surface area contributed by atoms with Gasteiger partial charge in [-0.1, -0.05) is 36.4 Å². The summed E-state index contributed by atoms with van der Waals surface area (Å²) in [5, 5.41) is 4.55. The van der Waals surface area contributed by atoms with Crippen LogP contribution >= 0.6 is 0 Å². The molecule has 0 bridgehead atoms. The molecule has 2 aromatic rings. The minimum absolute atomic E-state index is 0.823. The molecular formula is C17H16N4. The number of para-hydroxylation sites is 2. The van der Waals surface area contributed by atoms with Gasteiger partial charge < -0.3 is 4.90 Å². The minimum Gasteiger partial charge on any atom is -0.331 e. The van der Waals surface area contributed by atoms with Crippen molar-refractivity contribution < 1.29 is 0 Å². The summed E-state index contributed by atoms with van der Waals surface area (Å²) in [6.45, 7) is 0. The molecule has 0 unspecified atom stereocenters. The predicted molar refractivity (Wildman–Crippen MR) is 86.4 cm³/mol. The van der Waals surface area contributed by atoms with Crippen molar-refractivity contribution in [1.82, 2.24) is 5.43 Å². The topological polar surface area (TPSA) is 40.0 Å². The zero-order valence-corrected chi connectivity index (χ0v) is 11.9. The highest BCUT2D eigenvalue weighted by molar-refractivity contribution is 6.05. The molecule has 1 N–H and O–H groups in total. The van der Waals surface area contributed by atoms with Gasteiger partial charge in [0.25, 0.3) is 0 Å². The van der Waals surface area contributed by atoms with Crippen LogP contribution in [0.3, 0.4) is 0 Å². The van der Waals surface area contributed by atoms with E-state index >= 15 is 0 Å². The van der Waals surface area contributed by atoms with Crippen molar-refractivity contribution in [2.24, 2.45) is 10.1 Å². The second-order valence-corrected chi connectivity index (χ2v) is 5.37. The Morgan fingerprint density at radius 2 is 1.76 bits per heavy atom. The van der Waals surface area contributed by atoms with Gasteiger partial charge in [-0.15, -0.1) is 0 Å². The highest BCUT2D eigenvalue weighted by Gasteiger charge is 2.22. The zero-order chi connectivity index (χ0) is 14.2. The average Bonchev–Trinajstić information content (AvgIpc) is 3.07. The standard InChI is InChI=1S/C17H16N4/c1-21-15-9-5-3-7-13(15)11-17(21)20-19-16-10-12-6-2-4-8-14(12)18-16/h2-9H,10-11H2,1H3,(H,18,19)/b20-17-. The van der Waals surface area contributed by atoms with Gasteiger partial charge in [0, 0.05) is 25.6 Å². The molecule has 0 aromatic heterocycles. The number of benzene rings is 2. The third-order valence-electron chi connectivity index (χ3n) is 4.01. The molecule has 0 atom stereocenters. The highest BCUT2D eigenvalue weighted by Crippen LogP contribution is 2.28. The van der Waals surface area contributed by atoms with E-state index in [9.17, 15) is 0 Å². The van der Waals surface area contributed by atoms with Crippen LogP contribution in [0.1, 0.15) is 11.1 Å². The molecule has 4 rings (SSSR count). The molecule has 0 spiro atoms. The molecule has 2 aliphatic heterocycles. The maximum Gasteiger partial charge on any atom is 0.133 e. The van der Waals surface area contributed by atoms with Crippen LogP contribution in [0.2, 0.25) is 0 Å². The summed E-state index contributed by atoms with van der Waals surface area (Å²) in [6.07, 6.45) is 1.68. The summed E-state index contributed by atoms with van der Waals surface area (Å²) in [7, 11) is 2.05. The van der Waals surface area contributed by atoms with Gasteiger partial charge >= 0.3 is 0 Å². The Hall–Kier alpha value is -2.62. The summed E-state index contributed by atoms with van der Waals surface area (Å²) in [6, 6.07) is 16.6. The average molecular weight is 276 g/mol. The largest absolute Gasteiger partial charge is 0.331 e. The number of hydrogen-bond acceptors (Lipinski definition) is 3. The Morgan fingerprint density at radius 1 is 1.00 bits per heavy atom. The maximum absolute atomic E-state index is 4.57. The first-order valence-corrected chi connectivity index (χ1v) is 7.11. The molecule has 0 saturated heterocycles. The first-order chi connectivity index (χ1) is 10.3. The fraction of sp³-hybridized carbons (Fsp3) is 0.176. The van der Waals surface area contributed by atoms with Crippen LogP contribution in [0, 0.1) is 0 Å². The molecule has 0 aliphatic carbocycles. The van der Waals surface area contributed by atoms with Crippen LogP contribution < -0.4 is 10.3 Å². The first-order valence-electron chi connectivity index (χ1n) is 7.11. The molecule has 4 heteroatoms. The molecule has 2 aromatic carbocycles. The lowest BCUT2D eigenvalue weighted by molar-refractivity contribution is 0.983. The summed E-state index contributed by atoms with van der Waals surface area (Å²) in [4.78, 5) is 6.70. The van der Waals surface area contributed by atoms with Crippen molar-refractivity contribution in [2.45, 2.75) is 12.8 Å². The Morgan fingerprint density at radius 3 is 2.57 bits per heavy atom. The number of amidine groups is 2. The van der Waals surface area contributed by atoms with E-state index in [0.29, 0.717) is 0 Å². The lowest BCUT2D eigenvalue weighted by Crippen LogP contribution is -2.27. The Kier molecular flexibility index (Phi) is 2.74. The second-order valence-electron chi connectivity index (χ2n) is 5.37. The number of hydrazone groups is 1. The molecule has 2 aliphatic rings. The number of anilines is 1. The minimum atomic E-state index is 0.823. The smallest absolute Gasteiger partial charge is 0.133 e. The van der Waals surface area contributed by atoms with Gasteiger partial charge in [-0.25, -0.2) is 4.99 Å². The normalized spacial score (nSPS) is 17.7. The van der Waals surface area contributed by atoms with Crippen LogP contribution in [0.25, 0.3) is 0 Å². The Labute approximate surface area is 123 Å². The van der Waals surface area contributed by atoms with Crippen LogP contribution in [0.4, 0.5) is 11.4 Å². The van der Waals surface area contributed by atoms with E-state index in [1.54, 1.807) is 0 Å². The van der Waals surface area contributed by atoms with Crippen molar-refractivity contribution in [3.8, 4) is 0 Å². The lowest BCUT2D eigenvalue weighted by Gasteiger charge is -2.13. The van der Waals surface area contributed by atoms with E-state index in [0.717, 1.165) is 30.2 Å². The van der Waals surface area contributed by atoms with E-state index in [1.807, 2.05) is 18.2 Å². The quantitative estimate of drug-likeness (QED) is 0.814. The fourth-order valence-electron chi connectivity index (χ4n) is 2.86. The molecule has 0 saturated carbocycles. The summed E-state index contributed by atoms with van der Waals surface area (Å²) >= 11 is 0. The number of likely N-dealkylation sites (N-methyl/N-ethyl adjacent to an activating group) is 1.